The van der Waals surface area contributed by atoms with Gasteiger partial charge in [-0.2, -0.15) is 0 Å². The Kier molecular flexibility index (Phi) is 6.64. The number of ether oxygens (including phenoxy) is 1. The third-order valence-corrected chi connectivity index (χ3v) is 3.14. The maximum absolute atomic E-state index is 5.30. The van der Waals surface area contributed by atoms with E-state index in [1.54, 1.807) is 0 Å². The third kappa shape index (κ3) is 4.74. The van der Waals surface area contributed by atoms with Gasteiger partial charge in [0.2, 0.25) is 0 Å². The summed E-state index contributed by atoms with van der Waals surface area (Å²) in [5, 5.41) is 0. The first-order chi connectivity index (χ1) is 8.31. The maximum Gasteiger partial charge on any atom is 0.0573 e. The molecule has 0 aromatic heterocycles. The van der Waals surface area contributed by atoms with Crippen molar-refractivity contribution in [2.24, 2.45) is 0 Å². The third-order valence-electron chi connectivity index (χ3n) is 3.14. The largest absolute Gasteiger partial charge is 0.378 e. The second kappa shape index (κ2) is 8.08. The molecule has 0 N–H and O–H groups in total. The van der Waals surface area contributed by atoms with Crippen LogP contribution in [0.3, 0.4) is 0 Å². The minimum Gasteiger partial charge on any atom is -0.378 e. The van der Waals surface area contributed by atoms with Crippen molar-refractivity contribution in [3.8, 4) is 0 Å². The van der Waals surface area contributed by atoms with E-state index in [1.807, 2.05) is 12.1 Å². The number of aryl methyl sites for hydroxylation is 1. The minimum atomic E-state index is 0.597. The monoisotopic (exact) mass is 232 g/mol. The van der Waals surface area contributed by atoms with E-state index >= 15 is 0 Å². The fourth-order valence-corrected chi connectivity index (χ4v) is 2.02. The van der Waals surface area contributed by atoms with Crippen molar-refractivity contribution in [1.29, 1.82) is 0 Å². The molecule has 0 aliphatic carbocycles. The van der Waals surface area contributed by atoms with Crippen LogP contribution in [0, 0.1) is 0 Å². The van der Waals surface area contributed by atoms with E-state index in [2.05, 4.69) is 38.6 Å². The molecule has 1 fully saturated rings. The van der Waals surface area contributed by atoms with Crippen LogP contribution in [0.1, 0.15) is 44.2 Å². The van der Waals surface area contributed by atoms with Crippen molar-refractivity contribution >= 4 is 6.08 Å². The minimum absolute atomic E-state index is 0.597. The van der Waals surface area contributed by atoms with Crippen LogP contribution >= 0.6 is 0 Å². The second-order valence-corrected chi connectivity index (χ2v) is 4.30. The molecule has 1 aromatic rings. The van der Waals surface area contributed by atoms with Gasteiger partial charge >= 0.3 is 0 Å². The summed E-state index contributed by atoms with van der Waals surface area (Å²) in [7, 11) is 0. The molecule has 1 heteroatoms. The fraction of sp³-hybridized carbons (Fsp3) is 0.500. The lowest BCUT2D eigenvalue weighted by molar-refractivity contribution is 0.108. The van der Waals surface area contributed by atoms with Crippen molar-refractivity contribution in [3.05, 3.63) is 42.0 Å². The zero-order chi connectivity index (χ0) is 12.5. The van der Waals surface area contributed by atoms with Crippen LogP contribution in [0.15, 0.2) is 30.8 Å². The standard InChI is InChI=1S/C10H12.C6H12O/c1-3-9-7-5-6-8-10(9)4-2;1-2-6-4-3-5-7-6/h3,5-8H,1,4H2,2H3;6H,2-5H2,1H3. The first kappa shape index (κ1) is 14.0. The van der Waals surface area contributed by atoms with Gasteiger partial charge in [0.1, 0.15) is 0 Å². The Hall–Kier alpha value is -1.08. The van der Waals surface area contributed by atoms with Crippen molar-refractivity contribution in [2.45, 2.75) is 45.6 Å². The lowest BCUT2D eigenvalue weighted by atomic mass is 10.1. The van der Waals surface area contributed by atoms with Gasteiger partial charge in [-0.3, -0.25) is 0 Å². The maximum atomic E-state index is 5.30. The summed E-state index contributed by atoms with van der Waals surface area (Å²) in [5.41, 5.74) is 2.63. The average molecular weight is 232 g/mol. The van der Waals surface area contributed by atoms with E-state index in [0.29, 0.717) is 6.10 Å². The first-order valence-corrected chi connectivity index (χ1v) is 6.63. The van der Waals surface area contributed by atoms with Crippen LogP contribution in [0.5, 0.6) is 0 Å². The van der Waals surface area contributed by atoms with Gasteiger partial charge in [-0.05, 0) is 36.8 Å². The van der Waals surface area contributed by atoms with E-state index in [-0.39, 0.29) is 0 Å². The smallest absolute Gasteiger partial charge is 0.0573 e. The molecule has 1 aliphatic rings. The molecule has 1 nitrogen and oxygen atoms in total. The summed E-state index contributed by atoms with van der Waals surface area (Å²) >= 11 is 0. The lowest BCUT2D eigenvalue weighted by Gasteiger charge is -2.01. The predicted octanol–water partition coefficient (Wildman–Crippen LogP) is 4.47. The van der Waals surface area contributed by atoms with Gasteiger partial charge in [-0.15, -0.1) is 0 Å². The van der Waals surface area contributed by atoms with Gasteiger partial charge in [0.25, 0.3) is 0 Å². The van der Waals surface area contributed by atoms with E-state index in [1.165, 1.54) is 30.4 Å². The highest BCUT2D eigenvalue weighted by Crippen LogP contribution is 2.13. The molecular formula is C16H24O. The Morgan fingerprint density at radius 2 is 2.12 bits per heavy atom. The Bertz CT molecular complexity index is 324. The van der Waals surface area contributed by atoms with Gasteiger partial charge in [0.05, 0.1) is 6.10 Å². The molecule has 0 amide bonds. The summed E-state index contributed by atoms with van der Waals surface area (Å²) in [5.74, 6) is 0. The van der Waals surface area contributed by atoms with Crippen LogP contribution in [0.4, 0.5) is 0 Å². The normalized spacial score (nSPS) is 18.4. The molecular weight excluding hydrogens is 208 g/mol. The topological polar surface area (TPSA) is 9.23 Å². The van der Waals surface area contributed by atoms with Crippen LogP contribution < -0.4 is 0 Å². The summed E-state index contributed by atoms with van der Waals surface area (Å²) in [6, 6.07) is 8.32. The Labute approximate surface area is 106 Å². The zero-order valence-corrected chi connectivity index (χ0v) is 11.1. The second-order valence-electron chi connectivity index (χ2n) is 4.30. The van der Waals surface area contributed by atoms with Crippen molar-refractivity contribution in [1.82, 2.24) is 0 Å². The average Bonchev–Trinajstić information content (AvgIpc) is 2.92. The van der Waals surface area contributed by atoms with Gasteiger partial charge < -0.3 is 4.74 Å². The molecule has 17 heavy (non-hydrogen) atoms. The highest BCUT2D eigenvalue weighted by molar-refractivity contribution is 5.51. The Balaban J connectivity index is 0.000000181. The molecule has 0 saturated carbocycles. The van der Waals surface area contributed by atoms with E-state index in [0.717, 1.165) is 13.0 Å². The Morgan fingerprint density at radius 3 is 2.53 bits per heavy atom. The molecule has 1 atom stereocenters. The SMILES string of the molecule is C=Cc1ccccc1CC.CCC1CCCO1. The summed E-state index contributed by atoms with van der Waals surface area (Å²) < 4.78 is 5.30. The molecule has 0 spiro atoms. The van der Waals surface area contributed by atoms with E-state index < -0.39 is 0 Å². The molecule has 1 heterocycles. The zero-order valence-electron chi connectivity index (χ0n) is 11.1. The molecule has 1 saturated heterocycles. The number of rotatable bonds is 3. The summed E-state index contributed by atoms with van der Waals surface area (Å²) in [4.78, 5) is 0. The van der Waals surface area contributed by atoms with Crippen LogP contribution in [0.2, 0.25) is 0 Å². The number of hydrogen-bond donors (Lipinski definition) is 0. The molecule has 2 rings (SSSR count). The highest BCUT2D eigenvalue weighted by Gasteiger charge is 2.11. The summed E-state index contributed by atoms with van der Waals surface area (Å²) in [6.07, 6.45) is 7.34. The lowest BCUT2D eigenvalue weighted by Crippen LogP contribution is -2.00. The summed E-state index contributed by atoms with van der Waals surface area (Å²) in [6.45, 7) is 9.07. The van der Waals surface area contributed by atoms with E-state index in [9.17, 15) is 0 Å². The van der Waals surface area contributed by atoms with E-state index in [4.69, 9.17) is 4.74 Å². The van der Waals surface area contributed by atoms with Crippen LogP contribution in [-0.2, 0) is 11.2 Å². The van der Waals surface area contributed by atoms with Crippen LogP contribution in [0.25, 0.3) is 6.08 Å². The number of benzene rings is 1. The fourth-order valence-electron chi connectivity index (χ4n) is 2.02. The highest BCUT2D eigenvalue weighted by atomic mass is 16.5. The van der Waals surface area contributed by atoms with Gasteiger partial charge in [-0.1, -0.05) is 50.8 Å². The van der Waals surface area contributed by atoms with Crippen molar-refractivity contribution < 1.29 is 4.74 Å². The van der Waals surface area contributed by atoms with Gasteiger partial charge in [0, 0.05) is 6.61 Å². The molecule has 0 radical (unpaired) electrons. The first-order valence-electron chi connectivity index (χ1n) is 6.63. The van der Waals surface area contributed by atoms with Crippen molar-refractivity contribution in [3.63, 3.8) is 0 Å². The molecule has 0 bridgehead atoms. The molecule has 1 aromatic carbocycles. The Morgan fingerprint density at radius 1 is 1.35 bits per heavy atom. The molecule has 1 aliphatic heterocycles. The molecule has 1 unspecified atom stereocenters. The predicted molar refractivity (Wildman–Crippen MR) is 75.2 cm³/mol. The van der Waals surface area contributed by atoms with Crippen molar-refractivity contribution in [2.75, 3.05) is 6.61 Å². The quantitative estimate of drug-likeness (QED) is 0.747. The van der Waals surface area contributed by atoms with Gasteiger partial charge in [-0.25, -0.2) is 0 Å². The van der Waals surface area contributed by atoms with Gasteiger partial charge in [0.15, 0.2) is 0 Å². The molecule has 94 valence electrons. The number of hydrogen-bond acceptors (Lipinski definition) is 1. The van der Waals surface area contributed by atoms with Crippen LogP contribution in [-0.4, -0.2) is 12.7 Å².